The van der Waals surface area contributed by atoms with E-state index >= 15 is 0 Å². The van der Waals surface area contributed by atoms with Crippen molar-refractivity contribution in [3.05, 3.63) is 47.0 Å². The van der Waals surface area contributed by atoms with E-state index in [9.17, 15) is 0 Å². The van der Waals surface area contributed by atoms with Crippen molar-refractivity contribution in [2.45, 2.75) is 56.7 Å². The summed E-state index contributed by atoms with van der Waals surface area (Å²) in [6.07, 6.45) is 9.00. The minimum Gasteiger partial charge on any atom is -0.346 e. The summed E-state index contributed by atoms with van der Waals surface area (Å²) in [5.41, 5.74) is 5.37. The van der Waals surface area contributed by atoms with Crippen molar-refractivity contribution < 1.29 is 9.47 Å². The van der Waals surface area contributed by atoms with E-state index < -0.39 is 0 Å². The lowest BCUT2D eigenvalue weighted by Crippen LogP contribution is -2.51. The Morgan fingerprint density at radius 2 is 1.61 bits per heavy atom. The molecule has 1 saturated heterocycles. The van der Waals surface area contributed by atoms with Crippen LogP contribution in [0.3, 0.4) is 0 Å². The molecule has 0 unspecified atom stereocenters. The van der Waals surface area contributed by atoms with Gasteiger partial charge in [-0.2, -0.15) is 0 Å². The van der Waals surface area contributed by atoms with Crippen molar-refractivity contribution in [1.82, 2.24) is 0 Å². The SMILES string of the molecule is c1ccc([C@H]2C[C@@]34CCCC3=C3CCC[C@]32C42OCCO2)cc1. The molecule has 0 amide bonds. The molecule has 1 heterocycles. The van der Waals surface area contributed by atoms with Gasteiger partial charge in [-0.1, -0.05) is 41.5 Å². The van der Waals surface area contributed by atoms with Gasteiger partial charge in [0.1, 0.15) is 0 Å². The molecule has 5 aliphatic rings. The van der Waals surface area contributed by atoms with Gasteiger partial charge in [-0.25, -0.2) is 0 Å². The summed E-state index contributed by atoms with van der Waals surface area (Å²) >= 11 is 0. The average molecular weight is 308 g/mol. The maximum atomic E-state index is 6.59. The van der Waals surface area contributed by atoms with Crippen LogP contribution in [-0.2, 0) is 9.47 Å². The van der Waals surface area contributed by atoms with Crippen LogP contribution in [0.5, 0.6) is 0 Å². The van der Waals surface area contributed by atoms with Crippen LogP contribution in [0.4, 0.5) is 0 Å². The Morgan fingerprint density at radius 1 is 0.870 bits per heavy atom. The lowest BCUT2D eigenvalue weighted by atomic mass is 9.68. The van der Waals surface area contributed by atoms with Crippen molar-refractivity contribution in [3.63, 3.8) is 0 Å². The Labute approximate surface area is 137 Å². The quantitative estimate of drug-likeness (QED) is 0.708. The zero-order chi connectivity index (χ0) is 15.1. The number of ether oxygens (including phenoxy) is 2. The summed E-state index contributed by atoms with van der Waals surface area (Å²) in [5.74, 6) is 0.263. The molecule has 0 radical (unpaired) electrons. The molecule has 3 saturated carbocycles. The van der Waals surface area contributed by atoms with Gasteiger partial charge in [0, 0.05) is 5.41 Å². The zero-order valence-electron chi connectivity index (χ0n) is 13.6. The molecule has 4 fully saturated rings. The van der Waals surface area contributed by atoms with E-state index in [1.54, 1.807) is 11.1 Å². The van der Waals surface area contributed by atoms with Gasteiger partial charge < -0.3 is 9.47 Å². The Hall–Kier alpha value is -1.12. The highest BCUT2D eigenvalue weighted by Gasteiger charge is 2.82. The number of hydrogen-bond donors (Lipinski definition) is 0. The number of benzene rings is 1. The first-order valence-electron chi connectivity index (χ1n) is 9.40. The summed E-state index contributed by atoms with van der Waals surface area (Å²) in [7, 11) is 0. The second-order valence-corrected chi connectivity index (χ2v) is 8.20. The summed E-state index contributed by atoms with van der Waals surface area (Å²) in [5, 5.41) is 0. The average Bonchev–Trinajstić information content (AvgIpc) is 3.35. The lowest BCUT2D eigenvalue weighted by molar-refractivity contribution is -0.248. The second kappa shape index (κ2) is 4.10. The highest BCUT2D eigenvalue weighted by Crippen LogP contribution is 2.83. The third kappa shape index (κ3) is 1.20. The largest absolute Gasteiger partial charge is 0.346 e. The normalized spacial score (nSPS) is 42.7. The number of hydrogen-bond acceptors (Lipinski definition) is 2. The molecule has 3 atom stereocenters. The van der Waals surface area contributed by atoms with Gasteiger partial charge in [-0.15, -0.1) is 0 Å². The monoisotopic (exact) mass is 308 g/mol. The molecule has 4 aliphatic carbocycles. The van der Waals surface area contributed by atoms with E-state index in [1.165, 1.54) is 50.5 Å². The fraction of sp³-hybridized carbons (Fsp3) is 0.619. The van der Waals surface area contributed by atoms with Crippen LogP contribution in [-0.4, -0.2) is 19.0 Å². The third-order valence-electron chi connectivity index (χ3n) is 7.77. The van der Waals surface area contributed by atoms with E-state index in [0.29, 0.717) is 5.92 Å². The standard InChI is InChI=1S/C21H24O2/c1-2-6-15(7-3-1)18-14-19-10-4-8-16(19)17-9-5-11-20(17,18)21(19)22-12-13-23-21/h1-3,6-7,18H,4-5,8-14H2/t18-,19+,20+/m1/s1. The van der Waals surface area contributed by atoms with Crippen LogP contribution in [0.25, 0.3) is 0 Å². The zero-order valence-corrected chi connectivity index (χ0v) is 13.6. The van der Waals surface area contributed by atoms with Gasteiger partial charge in [0.05, 0.1) is 18.6 Å². The van der Waals surface area contributed by atoms with Crippen LogP contribution < -0.4 is 0 Å². The van der Waals surface area contributed by atoms with Crippen molar-refractivity contribution in [2.24, 2.45) is 10.8 Å². The van der Waals surface area contributed by atoms with Gasteiger partial charge in [0.15, 0.2) is 5.79 Å². The highest BCUT2D eigenvalue weighted by molar-refractivity contribution is 5.54. The molecule has 120 valence electrons. The molecule has 1 aliphatic heterocycles. The first-order chi connectivity index (χ1) is 11.3. The predicted molar refractivity (Wildman–Crippen MR) is 88.0 cm³/mol. The Kier molecular flexibility index (Phi) is 2.35. The Bertz CT molecular complexity index is 700. The Morgan fingerprint density at radius 3 is 2.43 bits per heavy atom. The van der Waals surface area contributed by atoms with E-state index in [1.807, 2.05) is 0 Å². The summed E-state index contributed by atoms with van der Waals surface area (Å²) in [4.78, 5) is 0. The summed E-state index contributed by atoms with van der Waals surface area (Å²) in [6, 6.07) is 11.2. The van der Waals surface area contributed by atoms with E-state index in [0.717, 1.165) is 13.2 Å². The van der Waals surface area contributed by atoms with Crippen LogP contribution in [0, 0.1) is 10.8 Å². The van der Waals surface area contributed by atoms with Gasteiger partial charge in [-0.05, 0) is 56.4 Å². The smallest absolute Gasteiger partial charge is 0.187 e. The van der Waals surface area contributed by atoms with Crippen LogP contribution in [0.2, 0.25) is 0 Å². The fourth-order valence-corrected chi connectivity index (χ4v) is 7.42. The Balaban J connectivity index is 1.64. The molecule has 0 N–H and O–H groups in total. The minimum atomic E-state index is -0.321. The predicted octanol–water partition coefficient (Wildman–Crippen LogP) is 4.57. The minimum absolute atomic E-state index is 0.139. The molecule has 3 spiro atoms. The molecule has 0 aromatic heterocycles. The van der Waals surface area contributed by atoms with E-state index in [-0.39, 0.29) is 16.6 Å². The van der Waals surface area contributed by atoms with Crippen LogP contribution in [0.15, 0.2) is 41.5 Å². The van der Waals surface area contributed by atoms with Gasteiger partial charge in [-0.3, -0.25) is 0 Å². The van der Waals surface area contributed by atoms with Gasteiger partial charge in [0.25, 0.3) is 0 Å². The molecule has 23 heavy (non-hydrogen) atoms. The third-order valence-corrected chi connectivity index (χ3v) is 7.77. The van der Waals surface area contributed by atoms with Crippen molar-refractivity contribution in [2.75, 3.05) is 13.2 Å². The maximum Gasteiger partial charge on any atom is 0.187 e. The summed E-state index contributed by atoms with van der Waals surface area (Å²) in [6.45, 7) is 1.57. The van der Waals surface area contributed by atoms with E-state index in [4.69, 9.17) is 9.47 Å². The first-order valence-corrected chi connectivity index (χ1v) is 9.40. The summed E-state index contributed by atoms with van der Waals surface area (Å²) < 4.78 is 13.2. The van der Waals surface area contributed by atoms with Gasteiger partial charge in [0.2, 0.25) is 0 Å². The highest BCUT2D eigenvalue weighted by atomic mass is 16.7. The fourth-order valence-electron chi connectivity index (χ4n) is 7.42. The topological polar surface area (TPSA) is 18.5 Å². The molecule has 2 bridgehead atoms. The van der Waals surface area contributed by atoms with Crippen molar-refractivity contribution in [3.8, 4) is 0 Å². The van der Waals surface area contributed by atoms with Crippen LogP contribution >= 0.6 is 0 Å². The molecule has 1 aromatic rings. The molecular weight excluding hydrogens is 284 g/mol. The lowest BCUT2D eigenvalue weighted by Gasteiger charge is -2.44. The second-order valence-electron chi connectivity index (χ2n) is 8.20. The molecule has 2 heteroatoms. The maximum absolute atomic E-state index is 6.59. The molecule has 6 rings (SSSR count). The molecule has 1 aromatic carbocycles. The molecule has 2 nitrogen and oxygen atoms in total. The van der Waals surface area contributed by atoms with E-state index in [2.05, 4.69) is 30.3 Å². The van der Waals surface area contributed by atoms with Crippen LogP contribution in [0.1, 0.15) is 56.4 Å². The molecular formula is C21H24O2. The van der Waals surface area contributed by atoms with Gasteiger partial charge >= 0.3 is 0 Å². The first kappa shape index (κ1) is 13.2. The number of rotatable bonds is 1. The van der Waals surface area contributed by atoms with Crippen molar-refractivity contribution >= 4 is 0 Å². The van der Waals surface area contributed by atoms with Crippen molar-refractivity contribution in [1.29, 1.82) is 0 Å².